The van der Waals surface area contributed by atoms with Gasteiger partial charge in [0.2, 0.25) is 5.76 Å². The topological polar surface area (TPSA) is 120 Å². The van der Waals surface area contributed by atoms with Crippen molar-refractivity contribution in [3.05, 3.63) is 87.5 Å². The minimum atomic E-state index is -0.761. The van der Waals surface area contributed by atoms with Gasteiger partial charge in [0.05, 0.1) is 23.6 Å². The second-order valence-electron chi connectivity index (χ2n) is 5.63. The second kappa shape index (κ2) is 6.71. The fourth-order valence-electron chi connectivity index (χ4n) is 2.65. The summed E-state index contributed by atoms with van der Waals surface area (Å²) in [6.07, 6.45) is 3.94. The van der Waals surface area contributed by atoms with E-state index in [0.29, 0.717) is 16.5 Å². The summed E-state index contributed by atoms with van der Waals surface area (Å²) in [4.78, 5) is 43.8. The van der Waals surface area contributed by atoms with E-state index in [4.69, 9.17) is 8.83 Å². The highest BCUT2D eigenvalue weighted by Gasteiger charge is 2.12. The average Bonchev–Trinajstić information content (AvgIpc) is 3.20. The maximum absolute atomic E-state index is 12.2. The molecule has 1 amide bonds. The number of amides is 1. The van der Waals surface area contributed by atoms with E-state index in [1.54, 1.807) is 36.4 Å². The number of carbonyl (C=O) groups excluding carboxylic acids is 1. The van der Waals surface area contributed by atoms with Crippen LogP contribution in [0, 0.1) is 0 Å². The number of fused-ring (bicyclic) bond motifs is 1. The van der Waals surface area contributed by atoms with Crippen LogP contribution in [0.1, 0.15) is 16.1 Å². The number of aromatic nitrogens is 3. The van der Waals surface area contributed by atoms with Crippen LogP contribution in [-0.4, -0.2) is 20.4 Å². The minimum Gasteiger partial charge on any atom is -0.438 e. The first-order chi connectivity index (χ1) is 13.1. The lowest BCUT2D eigenvalue weighted by Gasteiger charge is -2.09. The molecule has 0 aliphatic rings. The van der Waals surface area contributed by atoms with E-state index in [1.807, 2.05) is 0 Å². The molecule has 0 unspecified atom stereocenters. The van der Waals surface area contributed by atoms with Gasteiger partial charge < -0.3 is 14.2 Å². The Morgan fingerprint density at radius 2 is 2.04 bits per heavy atom. The summed E-state index contributed by atoms with van der Waals surface area (Å²) in [7, 11) is 0. The Kier molecular flexibility index (Phi) is 4.09. The Bertz CT molecular complexity index is 1240. The van der Waals surface area contributed by atoms with E-state index >= 15 is 0 Å². The highest BCUT2D eigenvalue weighted by molar-refractivity contribution is 6.01. The minimum absolute atomic E-state index is 0.0502. The van der Waals surface area contributed by atoms with Gasteiger partial charge in [0.15, 0.2) is 6.39 Å². The van der Waals surface area contributed by atoms with Crippen molar-refractivity contribution in [2.24, 2.45) is 0 Å². The molecule has 4 rings (SSSR count). The number of nitrogens with zero attached hydrogens (tertiary/aromatic N) is 3. The molecule has 0 bridgehead atoms. The van der Waals surface area contributed by atoms with Crippen LogP contribution >= 0.6 is 0 Å². The molecule has 27 heavy (non-hydrogen) atoms. The summed E-state index contributed by atoms with van der Waals surface area (Å²) >= 11 is 0. The highest BCUT2D eigenvalue weighted by atomic mass is 16.4. The van der Waals surface area contributed by atoms with Gasteiger partial charge in [-0.1, -0.05) is 12.1 Å². The van der Waals surface area contributed by atoms with Crippen molar-refractivity contribution in [2.45, 2.75) is 6.54 Å². The first kappa shape index (κ1) is 16.5. The zero-order valence-electron chi connectivity index (χ0n) is 13.8. The van der Waals surface area contributed by atoms with Gasteiger partial charge in [-0.2, -0.15) is 0 Å². The van der Waals surface area contributed by atoms with Crippen molar-refractivity contribution in [1.82, 2.24) is 14.5 Å². The molecule has 0 radical (unpaired) electrons. The van der Waals surface area contributed by atoms with Gasteiger partial charge in [-0.3, -0.25) is 9.36 Å². The number of para-hydroxylation sites is 1. The molecule has 0 aliphatic carbocycles. The quantitative estimate of drug-likeness (QED) is 0.584. The van der Waals surface area contributed by atoms with E-state index in [-0.39, 0.29) is 18.1 Å². The summed E-state index contributed by atoms with van der Waals surface area (Å²) in [6.45, 7) is 0.136. The fourth-order valence-corrected chi connectivity index (χ4v) is 2.65. The number of benzene rings is 1. The van der Waals surface area contributed by atoms with Crippen LogP contribution < -0.4 is 16.7 Å². The zero-order chi connectivity index (χ0) is 18.8. The number of nitrogens with one attached hydrogen (secondary N) is 1. The predicted octanol–water partition coefficient (Wildman–Crippen LogP) is 1.64. The Hall–Kier alpha value is -4.01. The molecule has 134 valence electrons. The van der Waals surface area contributed by atoms with E-state index in [1.165, 1.54) is 17.0 Å². The second-order valence-corrected chi connectivity index (χ2v) is 5.63. The van der Waals surface area contributed by atoms with Crippen molar-refractivity contribution >= 4 is 22.6 Å². The standard InChI is InChI=1S/C18H12N4O5/c23-16(14-8-19-10-26-14)21-15-7-11(5-6-20-15)9-22-13-4-2-1-3-12(13)17(24)27-18(22)25/h1-8,10H,9H2,(H,20,21,23). The van der Waals surface area contributed by atoms with Crippen LogP contribution in [0.5, 0.6) is 0 Å². The van der Waals surface area contributed by atoms with Crippen LogP contribution in [-0.2, 0) is 6.54 Å². The van der Waals surface area contributed by atoms with Gasteiger partial charge in [0.1, 0.15) is 5.82 Å². The summed E-state index contributed by atoms with van der Waals surface area (Å²) in [6, 6.07) is 9.98. The molecule has 0 saturated heterocycles. The molecular formula is C18H12N4O5. The van der Waals surface area contributed by atoms with Gasteiger partial charge in [0.25, 0.3) is 5.91 Å². The maximum atomic E-state index is 12.2. The SMILES string of the molecule is O=C(Nc1cc(Cn2c(=O)oc(=O)c3ccccc32)ccn1)c1cnco1. The van der Waals surface area contributed by atoms with Crippen LogP contribution in [0.4, 0.5) is 5.82 Å². The number of carbonyl (C=O) groups is 1. The molecule has 0 atom stereocenters. The van der Waals surface area contributed by atoms with Crippen molar-refractivity contribution in [2.75, 3.05) is 5.32 Å². The molecule has 1 aromatic carbocycles. The van der Waals surface area contributed by atoms with Crippen molar-refractivity contribution < 1.29 is 13.6 Å². The Morgan fingerprint density at radius 1 is 1.19 bits per heavy atom. The third-order valence-electron chi connectivity index (χ3n) is 3.88. The highest BCUT2D eigenvalue weighted by Crippen LogP contribution is 2.13. The molecule has 1 N–H and O–H groups in total. The number of hydrogen-bond donors (Lipinski definition) is 1. The third kappa shape index (κ3) is 3.25. The maximum Gasteiger partial charge on any atom is 0.422 e. The van der Waals surface area contributed by atoms with Crippen LogP contribution in [0.15, 0.2) is 73.6 Å². The fraction of sp³-hybridized carbons (Fsp3) is 0.0556. The molecule has 4 aromatic rings. The number of oxazole rings is 1. The monoisotopic (exact) mass is 364 g/mol. The van der Waals surface area contributed by atoms with Crippen molar-refractivity contribution in [1.29, 1.82) is 0 Å². The molecule has 9 nitrogen and oxygen atoms in total. The smallest absolute Gasteiger partial charge is 0.422 e. The largest absolute Gasteiger partial charge is 0.438 e. The summed E-state index contributed by atoms with van der Waals surface area (Å²) < 4.78 is 11.1. The molecule has 9 heteroatoms. The van der Waals surface area contributed by atoms with Gasteiger partial charge >= 0.3 is 11.4 Å². The third-order valence-corrected chi connectivity index (χ3v) is 3.88. The lowest BCUT2D eigenvalue weighted by Crippen LogP contribution is -2.25. The molecule has 0 fully saturated rings. The van der Waals surface area contributed by atoms with Gasteiger partial charge in [0, 0.05) is 6.20 Å². The molecule has 0 saturated carbocycles. The lowest BCUT2D eigenvalue weighted by molar-refractivity contribution is 0.0996. The van der Waals surface area contributed by atoms with E-state index in [9.17, 15) is 14.4 Å². The number of anilines is 1. The Balaban J connectivity index is 1.66. The van der Waals surface area contributed by atoms with Crippen LogP contribution in [0.3, 0.4) is 0 Å². The number of rotatable bonds is 4. The molecular weight excluding hydrogens is 352 g/mol. The molecule has 0 aliphatic heterocycles. The zero-order valence-corrected chi connectivity index (χ0v) is 13.8. The van der Waals surface area contributed by atoms with Crippen LogP contribution in [0.2, 0.25) is 0 Å². The number of pyridine rings is 1. The van der Waals surface area contributed by atoms with Crippen molar-refractivity contribution in [3.8, 4) is 0 Å². The van der Waals surface area contributed by atoms with E-state index in [2.05, 4.69) is 15.3 Å². The van der Waals surface area contributed by atoms with E-state index < -0.39 is 17.3 Å². The van der Waals surface area contributed by atoms with Crippen molar-refractivity contribution in [3.63, 3.8) is 0 Å². The van der Waals surface area contributed by atoms with E-state index in [0.717, 1.165) is 6.39 Å². The normalized spacial score (nSPS) is 10.8. The van der Waals surface area contributed by atoms with Gasteiger partial charge in [-0.25, -0.2) is 19.6 Å². The van der Waals surface area contributed by atoms with Crippen LogP contribution in [0.25, 0.3) is 10.9 Å². The summed E-state index contributed by atoms with van der Waals surface area (Å²) in [5, 5.41) is 2.90. The Labute approximate surface area is 150 Å². The lowest BCUT2D eigenvalue weighted by atomic mass is 10.2. The van der Waals surface area contributed by atoms with Gasteiger partial charge in [-0.05, 0) is 29.8 Å². The predicted molar refractivity (Wildman–Crippen MR) is 94.5 cm³/mol. The molecule has 3 aromatic heterocycles. The molecule has 3 heterocycles. The first-order valence-electron chi connectivity index (χ1n) is 7.89. The summed E-state index contributed by atoms with van der Waals surface area (Å²) in [5.41, 5.74) is 0.461. The first-order valence-corrected chi connectivity index (χ1v) is 7.89. The van der Waals surface area contributed by atoms with Gasteiger partial charge in [-0.15, -0.1) is 0 Å². The number of hydrogen-bond acceptors (Lipinski definition) is 7. The average molecular weight is 364 g/mol. The molecule has 0 spiro atoms. The summed E-state index contributed by atoms with van der Waals surface area (Å²) in [5.74, 6) is -0.925. The Morgan fingerprint density at radius 3 is 2.85 bits per heavy atom.